The van der Waals surface area contributed by atoms with Crippen molar-refractivity contribution in [3.63, 3.8) is 0 Å². The molecule has 50 heavy (non-hydrogen) atoms. The monoisotopic (exact) mass is 790 g/mol. The fourth-order valence-corrected chi connectivity index (χ4v) is 11.3. The summed E-state index contributed by atoms with van der Waals surface area (Å²) >= 11 is 0. The van der Waals surface area contributed by atoms with Crippen LogP contribution in [0.15, 0.2) is 60.7 Å². The van der Waals surface area contributed by atoms with E-state index in [-0.39, 0.29) is 33.9 Å². The maximum atomic E-state index is 5.34. The van der Waals surface area contributed by atoms with Gasteiger partial charge in [-0.3, -0.25) is 0 Å². The van der Waals surface area contributed by atoms with Gasteiger partial charge in [0.25, 0.3) is 0 Å². The van der Waals surface area contributed by atoms with Crippen LogP contribution in [0.5, 0.6) is 0 Å². The molecule has 4 heteroatoms. The number of ether oxygens (including phenoxy) is 1. The SMILES string of the molecule is CC(C)c1cc(C(C)C)c(-c2ccccc2P(C2CCCCC2)C2CCCCC2)c(C(C)C)c1.COC(C)(C)C.NCCc1[c-]cccc1.[Pd]. The van der Waals surface area contributed by atoms with E-state index in [1.165, 1.54) is 75.3 Å². The quantitative estimate of drug-likeness (QED) is 0.133. The van der Waals surface area contributed by atoms with Crippen LogP contribution in [0.25, 0.3) is 11.1 Å². The molecule has 0 aromatic heterocycles. The summed E-state index contributed by atoms with van der Waals surface area (Å²) in [5.41, 5.74) is 16.3. The zero-order valence-electron chi connectivity index (χ0n) is 33.4. The Bertz CT molecular complexity index is 1300. The van der Waals surface area contributed by atoms with Gasteiger partial charge >= 0.3 is 0 Å². The molecule has 3 aromatic carbocycles. The average molecular weight is 791 g/mol. The Morgan fingerprint density at radius 3 is 1.62 bits per heavy atom. The minimum Gasteiger partial charge on any atom is -0.379 e. The van der Waals surface area contributed by atoms with Crippen LogP contribution in [0, 0.1) is 6.07 Å². The van der Waals surface area contributed by atoms with Crippen molar-refractivity contribution in [1.29, 1.82) is 0 Å². The molecule has 0 heterocycles. The first-order valence-electron chi connectivity index (χ1n) is 19.6. The molecule has 2 aliphatic rings. The van der Waals surface area contributed by atoms with Gasteiger partial charge in [0.15, 0.2) is 0 Å². The van der Waals surface area contributed by atoms with Gasteiger partial charge in [0.2, 0.25) is 0 Å². The Morgan fingerprint density at radius 2 is 1.22 bits per heavy atom. The molecule has 0 saturated heterocycles. The normalized spacial score (nSPS) is 15.7. The van der Waals surface area contributed by atoms with Gasteiger partial charge in [0, 0.05) is 27.5 Å². The summed E-state index contributed by atoms with van der Waals surface area (Å²) < 4.78 is 4.94. The third-order valence-corrected chi connectivity index (χ3v) is 13.9. The van der Waals surface area contributed by atoms with Crippen molar-refractivity contribution >= 4 is 13.2 Å². The van der Waals surface area contributed by atoms with E-state index in [0.717, 1.165) is 17.7 Å². The van der Waals surface area contributed by atoms with Crippen LogP contribution in [0.2, 0.25) is 0 Å². The fraction of sp³-hybridized carbons (Fsp3) is 0.609. The smallest absolute Gasteiger partial charge is 0.0594 e. The maximum absolute atomic E-state index is 5.34. The van der Waals surface area contributed by atoms with Gasteiger partial charge in [-0.2, -0.15) is 35.9 Å². The van der Waals surface area contributed by atoms with E-state index < -0.39 is 0 Å². The molecule has 2 fully saturated rings. The van der Waals surface area contributed by atoms with E-state index in [1.54, 1.807) is 34.7 Å². The zero-order valence-corrected chi connectivity index (χ0v) is 35.8. The number of rotatable bonds is 9. The Balaban J connectivity index is 0.000000450. The molecule has 2 aliphatic carbocycles. The molecule has 0 atom stereocenters. The number of hydrogen-bond donors (Lipinski definition) is 1. The van der Waals surface area contributed by atoms with Crippen molar-refractivity contribution in [2.75, 3.05) is 13.7 Å². The van der Waals surface area contributed by atoms with E-state index in [4.69, 9.17) is 10.5 Å². The molecule has 2 N–H and O–H groups in total. The van der Waals surface area contributed by atoms with Gasteiger partial charge in [0.1, 0.15) is 0 Å². The molecule has 2 nitrogen and oxygen atoms in total. The molecule has 0 bridgehead atoms. The molecular formula is C46H71NOPPd-. The fourth-order valence-electron chi connectivity index (χ4n) is 7.33. The van der Waals surface area contributed by atoms with Crippen molar-refractivity contribution in [1.82, 2.24) is 0 Å². The third-order valence-electron chi connectivity index (χ3n) is 10.3. The van der Waals surface area contributed by atoms with E-state index >= 15 is 0 Å². The second-order valence-electron chi connectivity index (χ2n) is 16.3. The summed E-state index contributed by atoms with van der Waals surface area (Å²) in [6.45, 7) is 21.1. The van der Waals surface area contributed by atoms with Crippen molar-refractivity contribution in [3.8, 4) is 11.1 Å². The Morgan fingerprint density at radius 1 is 0.740 bits per heavy atom. The van der Waals surface area contributed by atoms with Crippen molar-refractivity contribution in [3.05, 3.63) is 89.0 Å². The second-order valence-corrected chi connectivity index (χ2v) is 19.0. The molecule has 0 unspecified atom stereocenters. The predicted molar refractivity (Wildman–Crippen MR) is 219 cm³/mol. The van der Waals surface area contributed by atoms with Crippen molar-refractivity contribution in [2.24, 2.45) is 5.73 Å². The van der Waals surface area contributed by atoms with Gasteiger partial charge in [0.05, 0.1) is 5.60 Å². The zero-order chi connectivity index (χ0) is 36.0. The van der Waals surface area contributed by atoms with Crippen LogP contribution in [0.4, 0.5) is 0 Å². The summed E-state index contributed by atoms with van der Waals surface area (Å²) in [4.78, 5) is 0. The third kappa shape index (κ3) is 13.9. The summed E-state index contributed by atoms with van der Waals surface area (Å²) in [7, 11) is 1.59. The number of nitrogens with two attached hydrogens (primary N) is 1. The molecule has 0 radical (unpaired) electrons. The topological polar surface area (TPSA) is 35.2 Å². The summed E-state index contributed by atoms with van der Waals surface area (Å²) in [6, 6.07) is 25.8. The van der Waals surface area contributed by atoms with Crippen LogP contribution in [0.3, 0.4) is 0 Å². The first kappa shape index (κ1) is 44.8. The first-order valence-corrected chi connectivity index (χ1v) is 21.1. The summed E-state index contributed by atoms with van der Waals surface area (Å²) in [6.07, 6.45) is 15.5. The molecule has 5 rings (SSSR count). The van der Waals surface area contributed by atoms with Crippen molar-refractivity contribution in [2.45, 2.75) is 168 Å². The van der Waals surface area contributed by atoms with E-state index in [9.17, 15) is 0 Å². The van der Waals surface area contributed by atoms with Crippen LogP contribution in [-0.2, 0) is 31.6 Å². The van der Waals surface area contributed by atoms with E-state index in [0.29, 0.717) is 24.3 Å². The van der Waals surface area contributed by atoms with E-state index in [1.807, 2.05) is 45.0 Å². The number of benzene rings is 3. The molecule has 3 aromatic rings. The molecule has 0 aliphatic heterocycles. The van der Waals surface area contributed by atoms with E-state index in [2.05, 4.69) is 84.0 Å². The van der Waals surface area contributed by atoms with Crippen molar-refractivity contribution < 1.29 is 25.2 Å². The minimum absolute atomic E-state index is 0. The second kappa shape index (κ2) is 22.7. The maximum Gasteiger partial charge on any atom is 0.0594 e. The Kier molecular flexibility index (Phi) is 20.3. The van der Waals surface area contributed by atoms with Gasteiger partial charge in [-0.1, -0.05) is 124 Å². The molecular weight excluding hydrogens is 720 g/mol. The molecule has 2 saturated carbocycles. The van der Waals surface area contributed by atoms with Crippen LogP contribution < -0.4 is 11.0 Å². The molecule has 0 amide bonds. The largest absolute Gasteiger partial charge is 0.379 e. The van der Waals surface area contributed by atoms with Crippen LogP contribution in [-0.4, -0.2) is 30.6 Å². The van der Waals surface area contributed by atoms with Gasteiger partial charge in [-0.15, -0.1) is 0 Å². The summed E-state index contributed by atoms with van der Waals surface area (Å²) in [5.74, 6) is 1.64. The first-order chi connectivity index (χ1) is 23.4. The Hall–Kier alpha value is -1.33. The number of hydrogen-bond acceptors (Lipinski definition) is 2. The van der Waals surface area contributed by atoms with Crippen LogP contribution >= 0.6 is 7.92 Å². The Labute approximate surface area is 323 Å². The van der Waals surface area contributed by atoms with Gasteiger partial charge in [-0.25, -0.2) is 0 Å². The average Bonchev–Trinajstić information content (AvgIpc) is 3.10. The van der Waals surface area contributed by atoms with Crippen LogP contribution in [0.1, 0.15) is 167 Å². The molecule has 0 spiro atoms. The standard InChI is InChI=1S/C33H49P.C8H10N.C5H12O.Pd/c1-23(2)26-21-30(24(3)4)33(31(22-26)25(5)6)29-19-13-14-20-32(29)34(27-15-9-7-10-16-27)28-17-11-8-12-18-28;9-7-6-8-4-2-1-3-5-8;1-5(2,3)6-4;/h13-14,19-25,27-28H,7-12,15-18H2,1-6H3;1-4H,6-7,9H2;1-4H3;/q;-1;;. The van der Waals surface area contributed by atoms with Gasteiger partial charge < -0.3 is 10.5 Å². The molecule has 282 valence electrons. The summed E-state index contributed by atoms with van der Waals surface area (Å²) in [5, 5.41) is 1.75. The van der Waals surface area contributed by atoms with Gasteiger partial charge in [-0.05, 0) is 122 Å². The number of methoxy groups -OCH3 is 1. The minimum atomic E-state index is -0.120. The predicted octanol–water partition coefficient (Wildman–Crippen LogP) is 12.9.